The lowest BCUT2D eigenvalue weighted by Gasteiger charge is -2.24. The summed E-state index contributed by atoms with van der Waals surface area (Å²) in [5.74, 6) is 0.0425. The summed E-state index contributed by atoms with van der Waals surface area (Å²) in [4.78, 5) is 19.1. The van der Waals surface area contributed by atoms with Crippen LogP contribution < -0.4 is 5.73 Å². The second-order valence-corrected chi connectivity index (χ2v) is 6.18. The average Bonchev–Trinajstić information content (AvgIpc) is 3.17. The molecule has 0 bridgehead atoms. The molecule has 0 radical (unpaired) electrons. The highest BCUT2D eigenvalue weighted by Crippen LogP contribution is 2.33. The minimum atomic E-state index is 0. The van der Waals surface area contributed by atoms with Crippen LogP contribution in [0.15, 0.2) is 35.7 Å². The van der Waals surface area contributed by atoms with Gasteiger partial charge in [-0.1, -0.05) is 30.3 Å². The summed E-state index contributed by atoms with van der Waals surface area (Å²) in [7, 11) is 0. The molecule has 3 rings (SSSR count). The van der Waals surface area contributed by atoms with Gasteiger partial charge in [0.05, 0.1) is 11.0 Å². The molecule has 22 heavy (non-hydrogen) atoms. The Hall–Kier alpha value is -1.43. The predicted molar refractivity (Wildman–Crippen MR) is 91.6 cm³/mol. The SMILES string of the molecule is Cl.NCCc1nc(C(=O)N2CCCC2c2ccccc2)cs1. The second-order valence-electron chi connectivity index (χ2n) is 5.23. The van der Waals surface area contributed by atoms with Crippen LogP contribution in [0.2, 0.25) is 0 Å². The number of thiazole rings is 1. The summed E-state index contributed by atoms with van der Waals surface area (Å²) in [6.07, 6.45) is 2.81. The molecular formula is C16H20ClN3OS. The van der Waals surface area contributed by atoms with Gasteiger partial charge in [-0.05, 0) is 24.9 Å². The number of benzene rings is 1. The number of carbonyl (C=O) groups excluding carboxylic acids is 1. The lowest BCUT2D eigenvalue weighted by molar-refractivity contribution is 0.0730. The molecule has 1 amide bonds. The van der Waals surface area contributed by atoms with E-state index in [1.54, 1.807) is 0 Å². The number of likely N-dealkylation sites (tertiary alicyclic amines) is 1. The predicted octanol–water partition coefficient (Wildman–Crippen LogP) is 3.04. The van der Waals surface area contributed by atoms with E-state index in [0.29, 0.717) is 12.2 Å². The molecule has 1 aromatic carbocycles. The van der Waals surface area contributed by atoms with E-state index in [4.69, 9.17) is 5.73 Å². The van der Waals surface area contributed by atoms with Crippen LogP contribution in [-0.4, -0.2) is 28.9 Å². The Morgan fingerprint density at radius 3 is 2.86 bits per heavy atom. The Bertz CT molecular complexity index is 617. The summed E-state index contributed by atoms with van der Waals surface area (Å²) in [5, 5.41) is 2.80. The van der Waals surface area contributed by atoms with Crippen molar-refractivity contribution in [2.75, 3.05) is 13.1 Å². The van der Waals surface area contributed by atoms with Gasteiger partial charge in [-0.2, -0.15) is 0 Å². The Balaban J connectivity index is 0.00000176. The number of amides is 1. The van der Waals surface area contributed by atoms with Crippen LogP contribution in [0.3, 0.4) is 0 Å². The van der Waals surface area contributed by atoms with Gasteiger partial charge in [-0.15, -0.1) is 23.7 Å². The summed E-state index contributed by atoms with van der Waals surface area (Å²) in [5.41, 5.74) is 7.31. The fraction of sp³-hybridized carbons (Fsp3) is 0.375. The van der Waals surface area contributed by atoms with Crippen LogP contribution in [0.4, 0.5) is 0 Å². The number of hydrogen-bond donors (Lipinski definition) is 1. The molecule has 1 aliphatic rings. The Kier molecular flexibility index (Phi) is 5.94. The van der Waals surface area contributed by atoms with E-state index in [1.165, 1.54) is 16.9 Å². The minimum absolute atomic E-state index is 0. The number of nitrogens with two attached hydrogens (primary N) is 1. The highest BCUT2D eigenvalue weighted by molar-refractivity contribution is 7.09. The van der Waals surface area contributed by atoms with E-state index in [-0.39, 0.29) is 24.4 Å². The van der Waals surface area contributed by atoms with Gasteiger partial charge in [0, 0.05) is 18.3 Å². The lowest BCUT2D eigenvalue weighted by Crippen LogP contribution is -2.30. The Labute approximate surface area is 140 Å². The molecule has 1 atom stereocenters. The van der Waals surface area contributed by atoms with Gasteiger partial charge >= 0.3 is 0 Å². The van der Waals surface area contributed by atoms with E-state index in [0.717, 1.165) is 30.8 Å². The van der Waals surface area contributed by atoms with Crippen LogP contribution in [0.5, 0.6) is 0 Å². The fourth-order valence-electron chi connectivity index (χ4n) is 2.83. The highest BCUT2D eigenvalue weighted by Gasteiger charge is 2.31. The zero-order valence-electron chi connectivity index (χ0n) is 12.3. The number of hydrogen-bond acceptors (Lipinski definition) is 4. The minimum Gasteiger partial charge on any atom is -0.330 e. The first-order chi connectivity index (χ1) is 10.3. The van der Waals surface area contributed by atoms with Gasteiger partial charge < -0.3 is 10.6 Å². The molecule has 2 aromatic rings. The highest BCUT2D eigenvalue weighted by atomic mass is 35.5. The van der Waals surface area contributed by atoms with E-state index in [1.807, 2.05) is 28.5 Å². The second kappa shape index (κ2) is 7.72. The van der Waals surface area contributed by atoms with Crippen LogP contribution >= 0.6 is 23.7 Å². The van der Waals surface area contributed by atoms with Crippen molar-refractivity contribution in [3.8, 4) is 0 Å². The van der Waals surface area contributed by atoms with Crippen molar-refractivity contribution < 1.29 is 4.79 Å². The third kappa shape index (κ3) is 3.48. The maximum absolute atomic E-state index is 12.7. The maximum atomic E-state index is 12.7. The first-order valence-electron chi connectivity index (χ1n) is 7.30. The number of carbonyl (C=O) groups is 1. The van der Waals surface area contributed by atoms with E-state index >= 15 is 0 Å². The molecule has 6 heteroatoms. The monoisotopic (exact) mass is 337 g/mol. The smallest absolute Gasteiger partial charge is 0.273 e. The zero-order valence-corrected chi connectivity index (χ0v) is 13.9. The third-order valence-corrected chi connectivity index (χ3v) is 4.74. The molecule has 118 valence electrons. The molecule has 1 unspecified atom stereocenters. The van der Waals surface area contributed by atoms with Gasteiger partial charge in [0.2, 0.25) is 0 Å². The average molecular weight is 338 g/mol. The summed E-state index contributed by atoms with van der Waals surface area (Å²) in [6, 6.07) is 10.4. The molecular weight excluding hydrogens is 318 g/mol. The molecule has 1 aliphatic heterocycles. The number of rotatable bonds is 4. The fourth-order valence-corrected chi connectivity index (χ4v) is 3.61. The topological polar surface area (TPSA) is 59.2 Å². The van der Waals surface area contributed by atoms with Crippen molar-refractivity contribution in [1.82, 2.24) is 9.88 Å². The van der Waals surface area contributed by atoms with Crippen molar-refractivity contribution in [2.45, 2.75) is 25.3 Å². The molecule has 1 saturated heterocycles. The molecule has 0 spiro atoms. The van der Waals surface area contributed by atoms with Crippen molar-refractivity contribution in [1.29, 1.82) is 0 Å². The van der Waals surface area contributed by atoms with E-state index in [9.17, 15) is 4.79 Å². The number of nitrogens with zero attached hydrogens (tertiary/aromatic N) is 2. The van der Waals surface area contributed by atoms with Crippen molar-refractivity contribution >= 4 is 29.7 Å². The quantitative estimate of drug-likeness (QED) is 0.932. The van der Waals surface area contributed by atoms with Gasteiger partial charge in [0.1, 0.15) is 5.69 Å². The Morgan fingerprint density at radius 2 is 2.14 bits per heavy atom. The van der Waals surface area contributed by atoms with Gasteiger partial charge in [0.15, 0.2) is 0 Å². The van der Waals surface area contributed by atoms with Gasteiger partial charge in [-0.3, -0.25) is 4.79 Å². The van der Waals surface area contributed by atoms with Crippen LogP contribution in [0.1, 0.15) is 39.9 Å². The molecule has 0 aliphatic carbocycles. The van der Waals surface area contributed by atoms with Crippen molar-refractivity contribution in [3.63, 3.8) is 0 Å². The molecule has 4 nitrogen and oxygen atoms in total. The number of aromatic nitrogens is 1. The van der Waals surface area contributed by atoms with Crippen LogP contribution in [-0.2, 0) is 6.42 Å². The van der Waals surface area contributed by atoms with Crippen molar-refractivity contribution in [2.24, 2.45) is 5.73 Å². The first-order valence-corrected chi connectivity index (χ1v) is 8.18. The molecule has 0 saturated carbocycles. The van der Waals surface area contributed by atoms with Crippen LogP contribution in [0, 0.1) is 0 Å². The molecule has 1 fully saturated rings. The summed E-state index contributed by atoms with van der Waals surface area (Å²) >= 11 is 1.52. The van der Waals surface area contributed by atoms with Crippen LogP contribution in [0.25, 0.3) is 0 Å². The zero-order chi connectivity index (χ0) is 14.7. The van der Waals surface area contributed by atoms with E-state index in [2.05, 4.69) is 17.1 Å². The molecule has 2 heterocycles. The maximum Gasteiger partial charge on any atom is 0.273 e. The van der Waals surface area contributed by atoms with E-state index < -0.39 is 0 Å². The molecule has 1 aromatic heterocycles. The summed E-state index contributed by atoms with van der Waals surface area (Å²) in [6.45, 7) is 1.37. The first kappa shape index (κ1) is 16.9. The largest absolute Gasteiger partial charge is 0.330 e. The normalized spacial score (nSPS) is 17.3. The molecule has 2 N–H and O–H groups in total. The Morgan fingerprint density at radius 1 is 1.36 bits per heavy atom. The standard InChI is InChI=1S/C16H19N3OS.ClH/c17-9-8-15-18-13(11-21-15)16(20)19-10-4-7-14(19)12-5-2-1-3-6-12;/h1-3,5-6,11,14H,4,7-10,17H2;1H. The lowest BCUT2D eigenvalue weighted by atomic mass is 10.0. The third-order valence-electron chi connectivity index (χ3n) is 3.83. The van der Waals surface area contributed by atoms with Crippen molar-refractivity contribution in [3.05, 3.63) is 52.0 Å². The summed E-state index contributed by atoms with van der Waals surface area (Å²) < 4.78 is 0. The number of halogens is 1. The van der Waals surface area contributed by atoms with Gasteiger partial charge in [0.25, 0.3) is 5.91 Å². The van der Waals surface area contributed by atoms with Gasteiger partial charge in [-0.25, -0.2) is 4.98 Å².